The maximum Gasteiger partial charge on any atom is 0.416 e. The topological polar surface area (TPSA) is 36.1 Å². The highest BCUT2D eigenvalue weighted by molar-refractivity contribution is 7.15. The molecule has 0 radical (unpaired) electrons. The lowest BCUT2D eigenvalue weighted by atomic mass is 9.96. The average Bonchev–Trinajstić information content (AvgIpc) is 2.92. The normalized spacial score (nSPS) is 16.4. The van der Waals surface area contributed by atoms with Gasteiger partial charge in [0.05, 0.1) is 11.3 Å². The molecule has 1 aliphatic carbocycles. The van der Waals surface area contributed by atoms with Crippen molar-refractivity contribution in [3.05, 3.63) is 46.3 Å². The number of nitrogens with zero attached hydrogens (tertiary/aromatic N) is 2. The molecule has 22 heavy (non-hydrogen) atoms. The van der Waals surface area contributed by atoms with Crippen molar-refractivity contribution in [1.82, 2.24) is 0 Å². The Morgan fingerprint density at radius 3 is 2.73 bits per heavy atom. The second-order valence-corrected chi connectivity index (χ2v) is 6.17. The first-order valence-corrected chi connectivity index (χ1v) is 7.57. The quantitative estimate of drug-likeness (QED) is 0.678. The highest BCUT2D eigenvalue weighted by Gasteiger charge is 2.30. The number of fused-ring (bicyclic) bond motifs is 1. The molecule has 1 heterocycles. The fourth-order valence-electron chi connectivity index (χ4n) is 2.58. The SMILES string of the molecule is N#CN=C1CCCc2sc(-c3cccc(C(F)(F)F)c3)cc21. The molecule has 0 bridgehead atoms. The average molecular weight is 320 g/mol. The van der Waals surface area contributed by atoms with E-state index in [1.807, 2.05) is 6.07 Å². The van der Waals surface area contributed by atoms with Crippen molar-refractivity contribution in [2.75, 3.05) is 0 Å². The number of hydrogen-bond donors (Lipinski definition) is 0. The van der Waals surface area contributed by atoms with Gasteiger partial charge in [0, 0.05) is 15.3 Å². The molecule has 3 rings (SSSR count). The Kier molecular flexibility index (Phi) is 3.75. The molecular formula is C16H11F3N2S. The zero-order chi connectivity index (χ0) is 15.7. The minimum absolute atomic E-state index is 0.547. The van der Waals surface area contributed by atoms with Crippen LogP contribution >= 0.6 is 11.3 Å². The third kappa shape index (κ3) is 2.77. The molecule has 6 heteroatoms. The van der Waals surface area contributed by atoms with Gasteiger partial charge < -0.3 is 0 Å². The van der Waals surface area contributed by atoms with Crippen LogP contribution in [-0.2, 0) is 12.6 Å². The molecule has 2 aromatic rings. The number of nitriles is 1. The second kappa shape index (κ2) is 5.58. The van der Waals surface area contributed by atoms with Gasteiger partial charge in [0.25, 0.3) is 0 Å². The summed E-state index contributed by atoms with van der Waals surface area (Å²) in [5.74, 6) is 0. The van der Waals surface area contributed by atoms with Crippen LogP contribution in [0.25, 0.3) is 10.4 Å². The molecule has 2 nitrogen and oxygen atoms in total. The van der Waals surface area contributed by atoms with E-state index in [0.29, 0.717) is 5.56 Å². The molecule has 0 amide bonds. The molecule has 0 fully saturated rings. The molecule has 112 valence electrons. The van der Waals surface area contributed by atoms with Crippen LogP contribution in [0.2, 0.25) is 0 Å². The van der Waals surface area contributed by atoms with Crippen LogP contribution in [0.1, 0.15) is 28.8 Å². The minimum atomic E-state index is -4.35. The van der Waals surface area contributed by atoms with E-state index in [2.05, 4.69) is 4.99 Å². The summed E-state index contributed by atoms with van der Waals surface area (Å²) in [6.07, 6.45) is -0.0201. The lowest BCUT2D eigenvalue weighted by molar-refractivity contribution is -0.137. The fourth-order valence-corrected chi connectivity index (χ4v) is 3.80. The summed E-state index contributed by atoms with van der Waals surface area (Å²) in [5.41, 5.74) is 1.54. The molecule has 1 aromatic carbocycles. The number of aliphatic imine (C=N–C) groups is 1. The standard InChI is InChI=1S/C16H11F3N2S/c17-16(18,19)11-4-1-3-10(7-11)15-8-12-13(21-9-20)5-2-6-14(12)22-15/h1,3-4,7-8H,2,5-6H2. The van der Waals surface area contributed by atoms with E-state index >= 15 is 0 Å². The van der Waals surface area contributed by atoms with E-state index in [4.69, 9.17) is 5.26 Å². The Balaban J connectivity index is 2.05. The van der Waals surface area contributed by atoms with Crippen molar-refractivity contribution in [2.45, 2.75) is 25.4 Å². The Labute approximate surface area is 129 Å². The van der Waals surface area contributed by atoms with Crippen LogP contribution < -0.4 is 0 Å². The molecule has 0 spiro atoms. The van der Waals surface area contributed by atoms with Crippen molar-refractivity contribution < 1.29 is 13.2 Å². The summed E-state index contributed by atoms with van der Waals surface area (Å²) in [6.45, 7) is 0. The summed E-state index contributed by atoms with van der Waals surface area (Å²) in [6, 6.07) is 7.18. The largest absolute Gasteiger partial charge is 0.416 e. The summed E-state index contributed by atoms with van der Waals surface area (Å²) in [4.78, 5) is 5.71. The first kappa shape index (κ1) is 14.8. The van der Waals surface area contributed by atoms with Crippen LogP contribution in [0, 0.1) is 11.5 Å². The highest BCUT2D eigenvalue weighted by atomic mass is 32.1. The Hall–Kier alpha value is -2.13. The number of rotatable bonds is 1. The lowest BCUT2D eigenvalue weighted by Crippen LogP contribution is -2.08. The van der Waals surface area contributed by atoms with Crippen LogP contribution in [0.5, 0.6) is 0 Å². The van der Waals surface area contributed by atoms with Crippen molar-refractivity contribution in [1.29, 1.82) is 5.26 Å². The number of halogens is 3. The van der Waals surface area contributed by atoms with Gasteiger partial charge in [-0.05, 0) is 43.0 Å². The maximum absolute atomic E-state index is 12.8. The summed E-state index contributed by atoms with van der Waals surface area (Å²) < 4.78 is 38.5. The molecule has 0 saturated heterocycles. The van der Waals surface area contributed by atoms with Gasteiger partial charge in [0.2, 0.25) is 6.19 Å². The molecular weight excluding hydrogens is 309 g/mol. The Morgan fingerprint density at radius 2 is 2.00 bits per heavy atom. The molecule has 0 aliphatic heterocycles. The van der Waals surface area contributed by atoms with Crippen molar-refractivity contribution in [2.24, 2.45) is 4.99 Å². The predicted octanol–water partition coefficient (Wildman–Crippen LogP) is 5.04. The molecule has 0 saturated carbocycles. The minimum Gasteiger partial charge on any atom is -0.178 e. The van der Waals surface area contributed by atoms with Gasteiger partial charge in [-0.2, -0.15) is 23.4 Å². The van der Waals surface area contributed by atoms with Gasteiger partial charge >= 0.3 is 6.18 Å². The van der Waals surface area contributed by atoms with Crippen LogP contribution in [0.4, 0.5) is 13.2 Å². The first-order valence-electron chi connectivity index (χ1n) is 6.75. The highest BCUT2D eigenvalue weighted by Crippen LogP contribution is 2.38. The van der Waals surface area contributed by atoms with E-state index in [9.17, 15) is 13.2 Å². The molecule has 1 aromatic heterocycles. The number of alkyl halides is 3. The number of thiophene rings is 1. The monoisotopic (exact) mass is 320 g/mol. The summed E-state index contributed by atoms with van der Waals surface area (Å²) in [7, 11) is 0. The summed E-state index contributed by atoms with van der Waals surface area (Å²) in [5, 5.41) is 8.73. The number of benzene rings is 1. The third-order valence-corrected chi connectivity index (χ3v) is 4.84. The van der Waals surface area contributed by atoms with E-state index in [1.165, 1.54) is 23.5 Å². The second-order valence-electron chi connectivity index (χ2n) is 5.04. The lowest BCUT2D eigenvalue weighted by Gasteiger charge is -2.11. The van der Waals surface area contributed by atoms with E-state index in [1.54, 1.807) is 12.3 Å². The van der Waals surface area contributed by atoms with E-state index in [-0.39, 0.29) is 0 Å². The van der Waals surface area contributed by atoms with E-state index < -0.39 is 11.7 Å². The Bertz CT molecular complexity index is 781. The number of aryl methyl sites for hydroxylation is 1. The predicted molar refractivity (Wildman–Crippen MR) is 79.8 cm³/mol. The van der Waals surface area contributed by atoms with E-state index in [0.717, 1.165) is 46.4 Å². The number of hydrogen-bond acceptors (Lipinski definition) is 3. The molecule has 1 aliphatic rings. The van der Waals surface area contributed by atoms with Crippen LogP contribution in [0.3, 0.4) is 0 Å². The van der Waals surface area contributed by atoms with Crippen molar-refractivity contribution in [3.8, 4) is 16.6 Å². The zero-order valence-corrected chi connectivity index (χ0v) is 12.3. The summed E-state index contributed by atoms with van der Waals surface area (Å²) >= 11 is 1.48. The van der Waals surface area contributed by atoms with Gasteiger partial charge in [-0.15, -0.1) is 11.3 Å². The van der Waals surface area contributed by atoms with Crippen molar-refractivity contribution >= 4 is 17.0 Å². The van der Waals surface area contributed by atoms with Gasteiger partial charge in [-0.25, -0.2) is 0 Å². The fraction of sp³-hybridized carbons (Fsp3) is 0.250. The van der Waals surface area contributed by atoms with Crippen LogP contribution in [0.15, 0.2) is 35.3 Å². The third-order valence-electron chi connectivity index (χ3n) is 3.60. The molecule has 0 N–H and O–H groups in total. The van der Waals surface area contributed by atoms with Gasteiger partial charge in [-0.3, -0.25) is 0 Å². The smallest absolute Gasteiger partial charge is 0.178 e. The van der Waals surface area contributed by atoms with Gasteiger partial charge in [0.1, 0.15) is 0 Å². The first-order chi connectivity index (χ1) is 10.5. The molecule has 0 atom stereocenters. The molecule has 0 unspecified atom stereocenters. The Morgan fingerprint density at radius 1 is 1.18 bits per heavy atom. The van der Waals surface area contributed by atoms with Gasteiger partial charge in [-0.1, -0.05) is 12.1 Å². The maximum atomic E-state index is 12.8. The van der Waals surface area contributed by atoms with Crippen molar-refractivity contribution in [3.63, 3.8) is 0 Å². The van der Waals surface area contributed by atoms with Crippen LogP contribution in [-0.4, -0.2) is 5.71 Å². The van der Waals surface area contributed by atoms with Gasteiger partial charge in [0.15, 0.2) is 0 Å². The zero-order valence-electron chi connectivity index (χ0n) is 11.4.